The van der Waals surface area contributed by atoms with E-state index in [1.165, 1.54) is 0 Å². The Kier molecular flexibility index (Phi) is 4.80. The van der Waals surface area contributed by atoms with Gasteiger partial charge in [0.25, 0.3) is 0 Å². The van der Waals surface area contributed by atoms with Gasteiger partial charge in [-0.25, -0.2) is 9.59 Å². The number of azo groups is 1. The van der Waals surface area contributed by atoms with Gasteiger partial charge in [-0.1, -0.05) is 28.4 Å². The molecule has 6 nitrogen and oxygen atoms in total. The highest BCUT2D eigenvalue weighted by atomic mass is 16.6. The zero-order chi connectivity index (χ0) is 12.7. The monoisotopic (exact) mass is 236 g/mol. The Morgan fingerprint density at radius 3 is 2.24 bits per heavy atom. The van der Waals surface area contributed by atoms with Crippen molar-refractivity contribution in [2.24, 2.45) is 10.2 Å². The van der Waals surface area contributed by atoms with Crippen molar-refractivity contribution < 1.29 is 19.1 Å². The molecule has 17 heavy (non-hydrogen) atoms. The number of amides is 2. The molecule has 2 amide bonds. The van der Waals surface area contributed by atoms with E-state index in [0.29, 0.717) is 5.75 Å². The lowest BCUT2D eigenvalue weighted by atomic mass is 10.3. The number of rotatable bonds is 2. The molecule has 0 aliphatic heterocycles. The number of benzene rings is 1. The van der Waals surface area contributed by atoms with Crippen molar-refractivity contribution in [3.8, 4) is 5.75 Å². The van der Waals surface area contributed by atoms with Crippen LogP contribution in [0.25, 0.3) is 0 Å². The van der Waals surface area contributed by atoms with Crippen LogP contribution in [0.2, 0.25) is 0 Å². The van der Waals surface area contributed by atoms with Crippen LogP contribution in [-0.2, 0) is 4.74 Å². The fourth-order valence-electron chi connectivity index (χ4n) is 0.917. The summed E-state index contributed by atoms with van der Waals surface area (Å²) in [6, 6.07) is 8.35. The summed E-state index contributed by atoms with van der Waals surface area (Å²) in [5.74, 6) is 0.327. The molecule has 0 saturated heterocycles. The van der Waals surface area contributed by atoms with E-state index >= 15 is 0 Å². The van der Waals surface area contributed by atoms with Crippen LogP contribution in [0.3, 0.4) is 0 Å². The van der Waals surface area contributed by atoms with E-state index in [-0.39, 0.29) is 6.10 Å². The largest absolute Gasteiger partial charge is 0.458 e. The fourth-order valence-corrected chi connectivity index (χ4v) is 0.917. The summed E-state index contributed by atoms with van der Waals surface area (Å²) in [4.78, 5) is 22.0. The van der Waals surface area contributed by atoms with Crippen LogP contribution in [-0.4, -0.2) is 18.3 Å². The van der Waals surface area contributed by atoms with Gasteiger partial charge in [-0.15, -0.1) is 0 Å². The van der Waals surface area contributed by atoms with Crippen molar-refractivity contribution in [2.75, 3.05) is 0 Å². The first-order valence-electron chi connectivity index (χ1n) is 4.97. The van der Waals surface area contributed by atoms with Gasteiger partial charge in [-0.05, 0) is 26.0 Å². The summed E-state index contributed by atoms with van der Waals surface area (Å²) in [5.41, 5.74) is 0. The molecule has 0 fully saturated rings. The maximum absolute atomic E-state index is 11.1. The van der Waals surface area contributed by atoms with Gasteiger partial charge in [0.05, 0.1) is 6.10 Å². The number of hydrogen-bond acceptors (Lipinski definition) is 4. The highest BCUT2D eigenvalue weighted by molar-refractivity contribution is 5.74. The minimum absolute atomic E-state index is 0.313. The van der Waals surface area contributed by atoms with Crippen LogP contribution >= 0.6 is 0 Å². The van der Waals surface area contributed by atoms with E-state index in [9.17, 15) is 9.59 Å². The van der Waals surface area contributed by atoms with Crippen molar-refractivity contribution in [3.05, 3.63) is 30.3 Å². The molecule has 0 spiro atoms. The Balaban J connectivity index is 2.45. The number of nitrogens with zero attached hydrogens (tertiary/aromatic N) is 2. The smallest absolute Gasteiger partial charge is 0.444 e. The minimum Gasteiger partial charge on any atom is -0.444 e. The highest BCUT2D eigenvalue weighted by Crippen LogP contribution is 2.09. The maximum atomic E-state index is 11.1. The van der Waals surface area contributed by atoms with E-state index < -0.39 is 12.2 Å². The SMILES string of the molecule is CC(C)OC(=O)N=NC(=O)Oc1ccccc1. The predicted molar refractivity (Wildman–Crippen MR) is 58.9 cm³/mol. The van der Waals surface area contributed by atoms with Gasteiger partial charge >= 0.3 is 12.2 Å². The number of carbonyl (C=O) groups excluding carboxylic acids is 2. The first-order chi connectivity index (χ1) is 8.08. The molecular formula is C11H12N2O4. The van der Waals surface area contributed by atoms with Crippen LogP contribution in [0, 0.1) is 0 Å². The molecule has 90 valence electrons. The molecule has 1 aromatic carbocycles. The molecule has 0 aromatic heterocycles. The van der Waals surface area contributed by atoms with E-state index in [2.05, 4.69) is 15.0 Å². The van der Waals surface area contributed by atoms with E-state index in [0.717, 1.165) is 0 Å². The van der Waals surface area contributed by atoms with Gasteiger partial charge in [-0.3, -0.25) is 0 Å². The Hall–Kier alpha value is -2.24. The van der Waals surface area contributed by atoms with Crippen LogP contribution in [0.1, 0.15) is 13.8 Å². The fraction of sp³-hybridized carbons (Fsp3) is 0.273. The summed E-state index contributed by atoms with van der Waals surface area (Å²) >= 11 is 0. The molecule has 1 rings (SSSR count). The summed E-state index contributed by atoms with van der Waals surface area (Å²) in [6.07, 6.45) is -2.21. The zero-order valence-electron chi connectivity index (χ0n) is 9.49. The first kappa shape index (κ1) is 12.8. The van der Waals surface area contributed by atoms with Gasteiger partial charge in [-0.2, -0.15) is 0 Å². The molecule has 0 radical (unpaired) electrons. The Bertz CT molecular complexity index is 415. The van der Waals surface area contributed by atoms with Crippen LogP contribution in [0.5, 0.6) is 5.75 Å². The maximum Gasteiger partial charge on any atom is 0.458 e. The normalized spacial score (nSPS) is 10.5. The lowest BCUT2D eigenvalue weighted by Gasteiger charge is -2.02. The number of ether oxygens (including phenoxy) is 2. The molecule has 0 saturated carbocycles. The van der Waals surface area contributed by atoms with Crippen molar-refractivity contribution in [2.45, 2.75) is 20.0 Å². The predicted octanol–water partition coefficient (Wildman–Crippen LogP) is 3.18. The zero-order valence-corrected chi connectivity index (χ0v) is 9.49. The van der Waals surface area contributed by atoms with Crippen molar-refractivity contribution in [1.82, 2.24) is 0 Å². The summed E-state index contributed by atoms with van der Waals surface area (Å²) in [6.45, 7) is 3.32. The molecular weight excluding hydrogens is 224 g/mol. The minimum atomic E-state index is -0.975. The van der Waals surface area contributed by atoms with Crippen molar-refractivity contribution in [1.29, 1.82) is 0 Å². The molecule has 0 aliphatic carbocycles. The van der Waals surface area contributed by atoms with Crippen LogP contribution < -0.4 is 4.74 Å². The average molecular weight is 236 g/mol. The van der Waals surface area contributed by atoms with Crippen LogP contribution in [0.15, 0.2) is 40.6 Å². The van der Waals surface area contributed by atoms with Gasteiger partial charge in [0.2, 0.25) is 0 Å². The second-order valence-electron chi connectivity index (χ2n) is 3.31. The average Bonchev–Trinajstić information content (AvgIpc) is 2.27. The van der Waals surface area contributed by atoms with Gasteiger partial charge in [0, 0.05) is 0 Å². The third-order valence-corrected chi connectivity index (χ3v) is 1.50. The molecule has 0 aliphatic rings. The summed E-state index contributed by atoms with van der Waals surface area (Å²) in [7, 11) is 0. The standard InChI is InChI=1S/C11H12N2O4/c1-8(2)16-10(14)12-13-11(15)17-9-6-4-3-5-7-9/h3-8H,1-2H3. The van der Waals surface area contributed by atoms with Crippen molar-refractivity contribution >= 4 is 12.2 Å². The Morgan fingerprint density at radius 2 is 1.65 bits per heavy atom. The topological polar surface area (TPSA) is 77.3 Å². The molecule has 0 atom stereocenters. The molecule has 0 N–H and O–H groups in total. The quantitative estimate of drug-likeness (QED) is 0.739. The third-order valence-electron chi connectivity index (χ3n) is 1.50. The highest BCUT2D eigenvalue weighted by Gasteiger charge is 2.06. The second-order valence-corrected chi connectivity index (χ2v) is 3.31. The van der Waals surface area contributed by atoms with E-state index in [1.54, 1.807) is 44.2 Å². The Labute approximate surface area is 98.3 Å². The van der Waals surface area contributed by atoms with Gasteiger partial charge in [0.15, 0.2) is 0 Å². The number of para-hydroxylation sites is 1. The van der Waals surface area contributed by atoms with E-state index in [1.807, 2.05) is 0 Å². The van der Waals surface area contributed by atoms with E-state index in [4.69, 9.17) is 4.74 Å². The van der Waals surface area contributed by atoms with Crippen LogP contribution in [0.4, 0.5) is 9.59 Å². The molecule has 6 heteroatoms. The Morgan fingerprint density at radius 1 is 1.06 bits per heavy atom. The first-order valence-corrected chi connectivity index (χ1v) is 4.97. The lowest BCUT2D eigenvalue weighted by molar-refractivity contribution is 0.123. The summed E-state index contributed by atoms with van der Waals surface area (Å²) in [5, 5.41) is 6.11. The molecule has 1 aromatic rings. The lowest BCUT2D eigenvalue weighted by Crippen LogP contribution is -2.08. The van der Waals surface area contributed by atoms with Gasteiger partial charge in [0.1, 0.15) is 5.75 Å². The molecule has 0 heterocycles. The second kappa shape index (κ2) is 6.37. The van der Waals surface area contributed by atoms with Crippen molar-refractivity contribution in [3.63, 3.8) is 0 Å². The number of hydrogen-bond donors (Lipinski definition) is 0. The number of carbonyl (C=O) groups is 2. The van der Waals surface area contributed by atoms with Gasteiger partial charge < -0.3 is 9.47 Å². The third kappa shape index (κ3) is 5.41. The summed E-state index contributed by atoms with van der Waals surface area (Å²) < 4.78 is 9.41. The molecule has 0 unspecified atom stereocenters. The molecule has 0 bridgehead atoms.